The Kier molecular flexibility index (Phi) is 9.39. The lowest BCUT2D eigenvalue weighted by Gasteiger charge is -2.36. The number of hydrogen-bond acceptors (Lipinski definition) is 3. The molecule has 148 valence electrons. The van der Waals surface area contributed by atoms with Crippen molar-refractivity contribution in [2.24, 2.45) is 11.7 Å². The van der Waals surface area contributed by atoms with Gasteiger partial charge in [-0.3, -0.25) is 9.69 Å². The van der Waals surface area contributed by atoms with Crippen LogP contribution in [0, 0.1) is 5.92 Å². The number of carbonyl (C=O) groups is 1. The third-order valence-electron chi connectivity index (χ3n) is 5.67. The first-order chi connectivity index (χ1) is 11.6. The molecular formula is C20H33Cl2N3O. The van der Waals surface area contributed by atoms with Crippen molar-refractivity contribution < 1.29 is 4.79 Å². The lowest BCUT2D eigenvalue weighted by Crippen LogP contribution is -2.56. The van der Waals surface area contributed by atoms with Crippen molar-refractivity contribution in [2.75, 3.05) is 26.7 Å². The van der Waals surface area contributed by atoms with Crippen LogP contribution >= 0.6 is 24.8 Å². The predicted octanol–water partition coefficient (Wildman–Crippen LogP) is 3.47. The van der Waals surface area contributed by atoms with Gasteiger partial charge >= 0.3 is 0 Å². The zero-order valence-corrected chi connectivity index (χ0v) is 17.4. The van der Waals surface area contributed by atoms with Gasteiger partial charge in [-0.2, -0.15) is 0 Å². The molecule has 1 aromatic rings. The van der Waals surface area contributed by atoms with Gasteiger partial charge in [0.2, 0.25) is 5.91 Å². The number of benzene rings is 1. The van der Waals surface area contributed by atoms with E-state index in [1.807, 2.05) is 11.9 Å². The van der Waals surface area contributed by atoms with Crippen LogP contribution in [0.1, 0.15) is 44.1 Å². The number of carbonyl (C=O) groups excluding carboxylic acids is 1. The summed E-state index contributed by atoms with van der Waals surface area (Å²) >= 11 is 0. The second kappa shape index (κ2) is 10.5. The van der Waals surface area contributed by atoms with Crippen LogP contribution in [0.4, 0.5) is 0 Å². The first-order valence-electron chi connectivity index (χ1n) is 9.37. The average molecular weight is 402 g/mol. The van der Waals surface area contributed by atoms with Crippen LogP contribution in [0.2, 0.25) is 0 Å². The van der Waals surface area contributed by atoms with Gasteiger partial charge in [0.25, 0.3) is 0 Å². The molecule has 0 bridgehead atoms. The van der Waals surface area contributed by atoms with Crippen LogP contribution in [0.3, 0.4) is 0 Å². The smallest absolute Gasteiger partial charge is 0.242 e. The summed E-state index contributed by atoms with van der Waals surface area (Å²) in [6.07, 6.45) is 6.26. The fourth-order valence-electron chi connectivity index (χ4n) is 4.29. The molecule has 1 saturated heterocycles. The van der Waals surface area contributed by atoms with Crippen molar-refractivity contribution in [1.82, 2.24) is 9.80 Å². The minimum absolute atomic E-state index is 0. The number of hydrogen-bond donors (Lipinski definition) is 1. The number of amides is 1. The summed E-state index contributed by atoms with van der Waals surface area (Å²) < 4.78 is 0. The molecule has 1 heterocycles. The van der Waals surface area contributed by atoms with E-state index in [-0.39, 0.29) is 30.7 Å². The Morgan fingerprint density at radius 1 is 1.19 bits per heavy atom. The number of nitrogens with two attached hydrogens (primary N) is 1. The fourth-order valence-corrected chi connectivity index (χ4v) is 4.29. The Labute approximate surface area is 170 Å². The molecule has 2 aliphatic rings. The van der Waals surface area contributed by atoms with E-state index in [0.29, 0.717) is 5.92 Å². The predicted molar refractivity (Wildman–Crippen MR) is 112 cm³/mol. The normalized spacial score (nSPS) is 22.2. The zero-order valence-electron chi connectivity index (χ0n) is 15.7. The van der Waals surface area contributed by atoms with Crippen LogP contribution in [0.25, 0.3) is 0 Å². The van der Waals surface area contributed by atoms with Gasteiger partial charge in [-0.1, -0.05) is 49.6 Å². The highest BCUT2D eigenvalue weighted by Crippen LogP contribution is 2.28. The highest BCUT2D eigenvalue weighted by molar-refractivity contribution is 5.86. The summed E-state index contributed by atoms with van der Waals surface area (Å²) in [5, 5.41) is 0. The number of halogens is 2. The molecular weight excluding hydrogens is 369 g/mol. The molecule has 4 nitrogen and oxygen atoms in total. The van der Waals surface area contributed by atoms with Crippen LogP contribution in [-0.2, 0) is 11.3 Å². The first kappa shape index (κ1) is 23.2. The molecule has 2 fully saturated rings. The highest BCUT2D eigenvalue weighted by atomic mass is 35.5. The molecule has 1 aliphatic heterocycles. The molecule has 6 heteroatoms. The molecule has 0 aromatic heterocycles. The first-order valence-corrected chi connectivity index (χ1v) is 9.37. The van der Waals surface area contributed by atoms with Gasteiger partial charge in [0, 0.05) is 26.7 Å². The summed E-state index contributed by atoms with van der Waals surface area (Å²) in [6.45, 7) is 4.04. The average Bonchev–Trinajstić information content (AvgIpc) is 3.02. The quantitative estimate of drug-likeness (QED) is 0.821. The van der Waals surface area contributed by atoms with Crippen LogP contribution in [0.15, 0.2) is 30.3 Å². The van der Waals surface area contributed by atoms with E-state index in [2.05, 4.69) is 35.2 Å². The van der Waals surface area contributed by atoms with Crippen molar-refractivity contribution in [3.63, 3.8) is 0 Å². The molecule has 1 amide bonds. The summed E-state index contributed by atoms with van der Waals surface area (Å²) in [5.74, 6) is 0.721. The summed E-state index contributed by atoms with van der Waals surface area (Å²) in [7, 11) is 1.94. The molecule has 26 heavy (non-hydrogen) atoms. The molecule has 2 N–H and O–H groups in total. The van der Waals surface area contributed by atoms with E-state index < -0.39 is 5.54 Å². The number of likely N-dealkylation sites (tertiary alicyclic amines) is 1. The lowest BCUT2D eigenvalue weighted by molar-refractivity contribution is -0.137. The number of likely N-dealkylation sites (N-methyl/N-ethyl adjacent to an activating group) is 1. The highest BCUT2D eigenvalue weighted by Gasteiger charge is 2.38. The Bertz CT molecular complexity index is 549. The van der Waals surface area contributed by atoms with Gasteiger partial charge < -0.3 is 10.6 Å². The van der Waals surface area contributed by atoms with Crippen LogP contribution in [-0.4, -0.2) is 47.9 Å². The molecule has 1 saturated carbocycles. The van der Waals surface area contributed by atoms with Crippen molar-refractivity contribution >= 4 is 30.7 Å². The topological polar surface area (TPSA) is 49.6 Å². The molecule has 1 atom stereocenters. The van der Waals surface area contributed by atoms with Crippen molar-refractivity contribution in [3.8, 4) is 0 Å². The van der Waals surface area contributed by atoms with E-state index >= 15 is 0 Å². The van der Waals surface area contributed by atoms with E-state index in [4.69, 9.17) is 5.73 Å². The second-order valence-electron chi connectivity index (χ2n) is 7.78. The largest absolute Gasteiger partial charge is 0.344 e. The van der Waals surface area contributed by atoms with E-state index in [9.17, 15) is 4.79 Å². The minimum Gasteiger partial charge on any atom is -0.344 e. The van der Waals surface area contributed by atoms with Crippen molar-refractivity contribution in [3.05, 3.63) is 35.9 Å². The van der Waals surface area contributed by atoms with Crippen molar-refractivity contribution in [1.29, 1.82) is 0 Å². The maximum absolute atomic E-state index is 12.8. The third kappa shape index (κ3) is 5.85. The Balaban J connectivity index is 0.00000169. The zero-order chi connectivity index (χ0) is 17.0. The lowest BCUT2D eigenvalue weighted by atomic mass is 9.81. The molecule has 0 radical (unpaired) electrons. The molecule has 1 aromatic carbocycles. The SMILES string of the molecule is CN(CC1CCN(Cc2ccccc2)C1)C(=O)C1(N)CCCCC1.Cl.Cl. The summed E-state index contributed by atoms with van der Waals surface area (Å²) in [5.41, 5.74) is 7.17. The molecule has 0 spiro atoms. The second-order valence-corrected chi connectivity index (χ2v) is 7.78. The Hall–Kier alpha value is -0.810. The van der Waals surface area contributed by atoms with Gasteiger partial charge in [-0.05, 0) is 37.3 Å². The monoisotopic (exact) mass is 401 g/mol. The van der Waals surface area contributed by atoms with E-state index in [0.717, 1.165) is 51.9 Å². The number of rotatable bonds is 5. The molecule has 1 aliphatic carbocycles. The van der Waals surface area contributed by atoms with Gasteiger partial charge in [0.15, 0.2) is 0 Å². The van der Waals surface area contributed by atoms with E-state index in [1.54, 1.807) is 0 Å². The van der Waals surface area contributed by atoms with Gasteiger partial charge in [-0.15, -0.1) is 24.8 Å². The van der Waals surface area contributed by atoms with Crippen molar-refractivity contribution in [2.45, 2.75) is 50.6 Å². The minimum atomic E-state index is -0.602. The maximum Gasteiger partial charge on any atom is 0.242 e. The third-order valence-corrected chi connectivity index (χ3v) is 5.67. The van der Waals surface area contributed by atoms with E-state index in [1.165, 1.54) is 18.4 Å². The molecule has 3 rings (SSSR count). The molecule has 1 unspecified atom stereocenters. The van der Waals surface area contributed by atoms with Crippen LogP contribution < -0.4 is 5.73 Å². The standard InChI is InChI=1S/C20H31N3O.2ClH/c1-22(19(24)20(21)11-6-3-7-12-20)14-18-10-13-23(16-18)15-17-8-4-2-5-9-17;;/h2,4-5,8-9,18H,3,6-7,10-16,21H2,1H3;2*1H. The summed E-state index contributed by atoms with van der Waals surface area (Å²) in [4.78, 5) is 17.2. The van der Waals surface area contributed by atoms with Gasteiger partial charge in [0.05, 0.1) is 5.54 Å². The Morgan fingerprint density at radius 3 is 2.50 bits per heavy atom. The Morgan fingerprint density at radius 2 is 1.85 bits per heavy atom. The fraction of sp³-hybridized carbons (Fsp3) is 0.650. The van der Waals surface area contributed by atoms with Gasteiger partial charge in [0.1, 0.15) is 0 Å². The van der Waals surface area contributed by atoms with Gasteiger partial charge in [-0.25, -0.2) is 0 Å². The van der Waals surface area contributed by atoms with Crippen LogP contribution in [0.5, 0.6) is 0 Å². The maximum atomic E-state index is 12.8. The summed E-state index contributed by atoms with van der Waals surface area (Å²) in [6, 6.07) is 10.6. The number of nitrogens with zero attached hydrogens (tertiary/aromatic N) is 2.